The lowest BCUT2D eigenvalue weighted by molar-refractivity contribution is -0.129. The molecule has 0 fully saturated rings. The highest BCUT2D eigenvalue weighted by molar-refractivity contribution is 5.98. The Morgan fingerprint density at radius 1 is 1.15 bits per heavy atom. The monoisotopic (exact) mass is 447 g/mol. The highest BCUT2D eigenvalue weighted by atomic mass is 16.5. The second-order valence-electron chi connectivity index (χ2n) is 7.35. The van der Waals surface area contributed by atoms with Crippen LogP contribution in [0.1, 0.15) is 17.5 Å². The third kappa shape index (κ3) is 5.96. The molecule has 0 unspecified atom stereocenters. The quantitative estimate of drug-likeness (QED) is 0.729. The summed E-state index contributed by atoms with van der Waals surface area (Å²) in [6.45, 7) is 3.90. The average molecular weight is 447 g/mol. The number of nitrogens with zero attached hydrogens (tertiary/aromatic N) is 5. The Labute approximate surface area is 192 Å². The van der Waals surface area contributed by atoms with Crippen molar-refractivity contribution in [2.75, 3.05) is 26.7 Å². The number of carbonyl (C=O) groups is 2. The van der Waals surface area contributed by atoms with Crippen LogP contribution in [0.5, 0.6) is 5.75 Å². The number of carbonyl (C=O) groups excluding carboxylic acids is 2. The summed E-state index contributed by atoms with van der Waals surface area (Å²) in [6.07, 6.45) is 0.256. The van der Waals surface area contributed by atoms with Crippen LogP contribution in [0.25, 0.3) is 0 Å². The number of urea groups is 1. The number of amidine groups is 1. The van der Waals surface area contributed by atoms with Gasteiger partial charge in [0.1, 0.15) is 18.1 Å². The van der Waals surface area contributed by atoms with Crippen molar-refractivity contribution >= 4 is 18.0 Å². The first-order valence-corrected chi connectivity index (χ1v) is 10.4. The molecule has 9 nitrogen and oxygen atoms in total. The van der Waals surface area contributed by atoms with E-state index >= 15 is 0 Å². The summed E-state index contributed by atoms with van der Waals surface area (Å²) in [5, 5.41) is 18.2. The molecular formula is C24H25N5O4. The van der Waals surface area contributed by atoms with E-state index in [0.717, 1.165) is 10.5 Å². The van der Waals surface area contributed by atoms with Gasteiger partial charge in [0.2, 0.25) is 5.91 Å². The summed E-state index contributed by atoms with van der Waals surface area (Å²) in [4.78, 5) is 34.4. The first kappa shape index (κ1) is 23.5. The molecule has 0 aromatic heterocycles. The number of hydrogen-bond acceptors (Lipinski definition) is 7. The number of amides is 3. The van der Waals surface area contributed by atoms with Crippen molar-refractivity contribution in [2.45, 2.75) is 13.0 Å². The highest BCUT2D eigenvalue weighted by Gasteiger charge is 2.31. The van der Waals surface area contributed by atoms with E-state index < -0.39 is 11.9 Å². The van der Waals surface area contributed by atoms with Crippen LogP contribution in [0.3, 0.4) is 0 Å². The minimum atomic E-state index is -0.582. The van der Waals surface area contributed by atoms with Crippen LogP contribution in [0.15, 0.2) is 72.0 Å². The zero-order valence-corrected chi connectivity index (χ0v) is 18.3. The molecule has 2 aromatic carbocycles. The Morgan fingerprint density at radius 3 is 2.48 bits per heavy atom. The van der Waals surface area contributed by atoms with E-state index in [9.17, 15) is 14.7 Å². The fourth-order valence-electron chi connectivity index (χ4n) is 3.14. The van der Waals surface area contributed by atoms with Crippen LogP contribution < -0.4 is 4.74 Å². The van der Waals surface area contributed by atoms with Gasteiger partial charge < -0.3 is 14.7 Å². The van der Waals surface area contributed by atoms with E-state index in [1.807, 2.05) is 36.4 Å². The maximum Gasteiger partial charge on any atom is 0.332 e. The number of benzene rings is 2. The standard InChI is InChI=1S/C24H25N5O4/c1-18-26-23(33-21-11-9-19(15-25)10-12-21)28(16-20-7-4-3-5-8-20)17-22(31)29(13-6-14-30)24(32)27(18)2/h3-5,7-12,30H,1,6,13-14,16-17H2,2H3. The number of ether oxygens (including phenoxy) is 1. The number of aliphatic imine (C=N–C) groups is 1. The van der Waals surface area contributed by atoms with Crippen molar-refractivity contribution in [1.82, 2.24) is 14.7 Å². The predicted octanol–water partition coefficient (Wildman–Crippen LogP) is 2.54. The zero-order valence-electron chi connectivity index (χ0n) is 18.3. The maximum absolute atomic E-state index is 13.1. The van der Waals surface area contributed by atoms with Gasteiger partial charge in [-0.3, -0.25) is 14.6 Å². The Morgan fingerprint density at radius 2 is 1.85 bits per heavy atom. The van der Waals surface area contributed by atoms with Crippen LogP contribution in [0.2, 0.25) is 0 Å². The van der Waals surface area contributed by atoms with Crippen LogP contribution in [-0.2, 0) is 11.3 Å². The normalized spacial score (nSPS) is 14.9. The first-order chi connectivity index (χ1) is 15.9. The van der Waals surface area contributed by atoms with Crippen molar-refractivity contribution in [1.29, 1.82) is 5.26 Å². The number of hydrogen-bond donors (Lipinski definition) is 1. The lowest BCUT2D eigenvalue weighted by atomic mass is 10.2. The van der Waals surface area contributed by atoms with E-state index in [4.69, 9.17) is 10.00 Å². The van der Waals surface area contributed by atoms with Crippen molar-refractivity contribution in [2.24, 2.45) is 4.99 Å². The first-order valence-electron chi connectivity index (χ1n) is 10.4. The van der Waals surface area contributed by atoms with Crippen molar-refractivity contribution in [3.8, 4) is 11.8 Å². The van der Waals surface area contributed by atoms with E-state index in [-0.39, 0.29) is 38.0 Å². The summed E-state index contributed by atoms with van der Waals surface area (Å²) >= 11 is 0. The summed E-state index contributed by atoms with van der Waals surface area (Å²) in [5.74, 6) is 0.0453. The van der Waals surface area contributed by atoms with Gasteiger partial charge in [0.05, 0.1) is 11.6 Å². The van der Waals surface area contributed by atoms with Gasteiger partial charge in [0.25, 0.3) is 6.02 Å². The lowest BCUT2D eigenvalue weighted by Gasteiger charge is -2.27. The van der Waals surface area contributed by atoms with Gasteiger partial charge in [-0.2, -0.15) is 10.3 Å². The van der Waals surface area contributed by atoms with Gasteiger partial charge in [0.15, 0.2) is 0 Å². The fraction of sp³-hybridized carbons (Fsp3) is 0.250. The number of aliphatic hydroxyl groups excluding tert-OH is 1. The molecule has 3 rings (SSSR count). The van der Waals surface area contributed by atoms with Crippen molar-refractivity contribution in [3.05, 3.63) is 78.1 Å². The number of rotatable bonds is 6. The Hall–Kier alpha value is -4.16. The second kappa shape index (κ2) is 10.9. The maximum atomic E-state index is 13.1. The molecule has 9 heteroatoms. The summed E-state index contributed by atoms with van der Waals surface area (Å²) in [6, 6.07) is 17.5. The molecule has 0 spiro atoms. The Kier molecular flexibility index (Phi) is 7.78. The van der Waals surface area contributed by atoms with Gasteiger partial charge in [-0.05, 0) is 36.2 Å². The molecule has 3 amide bonds. The van der Waals surface area contributed by atoms with Crippen LogP contribution in [0.4, 0.5) is 4.79 Å². The van der Waals surface area contributed by atoms with Crippen LogP contribution in [0, 0.1) is 11.3 Å². The molecule has 2 aromatic rings. The van der Waals surface area contributed by atoms with Crippen molar-refractivity contribution < 1.29 is 19.4 Å². The van der Waals surface area contributed by atoms with Gasteiger partial charge in [-0.1, -0.05) is 36.9 Å². The molecule has 0 aliphatic carbocycles. The SMILES string of the molecule is C=C1N=C(Oc2ccc(C#N)cc2)N(Cc2ccccc2)CC(=O)N(CCCO)C(=O)N1C. The molecular weight excluding hydrogens is 422 g/mol. The summed E-state index contributed by atoms with van der Waals surface area (Å²) in [7, 11) is 1.47. The van der Waals surface area contributed by atoms with E-state index in [1.165, 1.54) is 11.9 Å². The van der Waals surface area contributed by atoms with Crippen LogP contribution >= 0.6 is 0 Å². The predicted molar refractivity (Wildman–Crippen MR) is 122 cm³/mol. The van der Waals surface area contributed by atoms with Gasteiger partial charge in [0, 0.05) is 26.7 Å². The second-order valence-corrected chi connectivity index (χ2v) is 7.35. The minimum absolute atomic E-state index is 0.0662. The minimum Gasteiger partial charge on any atom is -0.426 e. The average Bonchev–Trinajstić information content (AvgIpc) is 2.85. The molecule has 170 valence electrons. The summed E-state index contributed by atoms with van der Waals surface area (Å²) in [5.41, 5.74) is 1.39. The molecule has 0 bridgehead atoms. The zero-order chi connectivity index (χ0) is 23.8. The molecule has 0 atom stereocenters. The smallest absolute Gasteiger partial charge is 0.332 e. The number of nitriles is 1. The van der Waals surface area contributed by atoms with Gasteiger partial charge in [-0.25, -0.2) is 4.79 Å². The molecule has 1 aliphatic heterocycles. The fourth-order valence-corrected chi connectivity index (χ4v) is 3.14. The summed E-state index contributed by atoms with van der Waals surface area (Å²) < 4.78 is 6.01. The largest absolute Gasteiger partial charge is 0.426 e. The van der Waals surface area contributed by atoms with Crippen LogP contribution in [-0.4, -0.2) is 64.5 Å². The molecule has 0 radical (unpaired) electrons. The number of imide groups is 1. The van der Waals surface area contributed by atoms with E-state index in [0.29, 0.717) is 17.9 Å². The molecule has 0 saturated carbocycles. The molecule has 1 N–H and O–H groups in total. The third-order valence-corrected chi connectivity index (χ3v) is 4.98. The topological polar surface area (TPSA) is 109 Å². The van der Waals surface area contributed by atoms with E-state index in [1.54, 1.807) is 29.2 Å². The van der Waals surface area contributed by atoms with Gasteiger partial charge in [-0.15, -0.1) is 0 Å². The van der Waals surface area contributed by atoms with E-state index in [2.05, 4.69) is 11.6 Å². The highest BCUT2D eigenvalue weighted by Crippen LogP contribution is 2.18. The number of aliphatic hydroxyl groups is 1. The Bertz CT molecular complexity index is 1080. The molecule has 1 aliphatic rings. The molecule has 1 heterocycles. The molecule has 0 saturated heterocycles. The van der Waals surface area contributed by atoms with Crippen molar-refractivity contribution in [3.63, 3.8) is 0 Å². The van der Waals surface area contributed by atoms with Gasteiger partial charge >= 0.3 is 6.03 Å². The molecule has 33 heavy (non-hydrogen) atoms. The third-order valence-electron chi connectivity index (χ3n) is 4.98. The lowest BCUT2D eigenvalue weighted by Crippen LogP contribution is -2.48. The Balaban J connectivity index is 2.00.